The summed E-state index contributed by atoms with van der Waals surface area (Å²) in [7, 11) is -1.69. The van der Waals surface area contributed by atoms with Crippen molar-refractivity contribution < 1.29 is 13.2 Å². The SMILES string of the molecule is CCCC(COC)NCCS(=O)(=O)c1ccc(C#N)cc1. The van der Waals surface area contributed by atoms with Crippen LogP contribution >= 0.6 is 0 Å². The molecule has 1 atom stereocenters. The Morgan fingerprint density at radius 2 is 2.00 bits per heavy atom. The second-order valence-corrected chi connectivity index (χ2v) is 6.96. The smallest absolute Gasteiger partial charge is 0.179 e. The lowest BCUT2D eigenvalue weighted by molar-refractivity contribution is 0.163. The summed E-state index contributed by atoms with van der Waals surface area (Å²) < 4.78 is 29.5. The van der Waals surface area contributed by atoms with Crippen molar-refractivity contribution in [1.82, 2.24) is 5.32 Å². The largest absolute Gasteiger partial charge is 0.383 e. The van der Waals surface area contributed by atoms with Gasteiger partial charge >= 0.3 is 0 Å². The van der Waals surface area contributed by atoms with E-state index in [1.54, 1.807) is 7.11 Å². The fourth-order valence-corrected chi connectivity index (χ4v) is 3.22. The fraction of sp³-hybridized carbons (Fsp3) is 0.533. The van der Waals surface area contributed by atoms with Gasteiger partial charge in [-0.05, 0) is 30.7 Å². The molecule has 0 aromatic heterocycles. The second-order valence-electron chi connectivity index (χ2n) is 4.85. The first-order valence-corrected chi connectivity index (χ1v) is 8.64. The van der Waals surface area contributed by atoms with Crippen LogP contribution in [0.5, 0.6) is 0 Å². The number of nitriles is 1. The number of ether oxygens (including phenoxy) is 1. The highest BCUT2D eigenvalue weighted by Gasteiger charge is 2.15. The highest BCUT2D eigenvalue weighted by molar-refractivity contribution is 7.91. The standard InChI is InChI=1S/C15H22N2O3S/c1-3-4-14(12-20-2)17-9-10-21(18,19)15-7-5-13(11-16)6-8-15/h5-8,14,17H,3-4,9-10,12H2,1-2H3. The number of sulfone groups is 1. The lowest BCUT2D eigenvalue weighted by Crippen LogP contribution is -2.36. The number of hydrogen-bond donors (Lipinski definition) is 1. The van der Waals surface area contributed by atoms with Gasteiger partial charge in [-0.3, -0.25) is 0 Å². The number of nitrogens with zero attached hydrogens (tertiary/aromatic N) is 1. The van der Waals surface area contributed by atoms with Gasteiger partial charge < -0.3 is 10.1 Å². The van der Waals surface area contributed by atoms with Gasteiger partial charge in [0.2, 0.25) is 0 Å². The van der Waals surface area contributed by atoms with Crippen LogP contribution in [0, 0.1) is 11.3 Å². The van der Waals surface area contributed by atoms with E-state index < -0.39 is 9.84 Å². The summed E-state index contributed by atoms with van der Waals surface area (Å²) >= 11 is 0. The maximum atomic E-state index is 12.2. The minimum absolute atomic E-state index is 0.0306. The molecule has 0 aliphatic rings. The molecule has 0 heterocycles. The first kappa shape index (κ1) is 17.6. The number of methoxy groups -OCH3 is 1. The highest BCUT2D eigenvalue weighted by atomic mass is 32.2. The van der Waals surface area contributed by atoms with E-state index in [0.717, 1.165) is 12.8 Å². The maximum absolute atomic E-state index is 12.2. The highest BCUT2D eigenvalue weighted by Crippen LogP contribution is 2.12. The molecule has 116 valence electrons. The Balaban J connectivity index is 2.57. The summed E-state index contributed by atoms with van der Waals surface area (Å²) in [5.74, 6) is 0.0306. The quantitative estimate of drug-likeness (QED) is 0.751. The number of nitrogens with one attached hydrogen (secondary N) is 1. The number of hydrogen-bond acceptors (Lipinski definition) is 5. The summed E-state index contributed by atoms with van der Waals surface area (Å²) in [6.45, 7) is 3.04. The van der Waals surface area contributed by atoms with Gasteiger partial charge in [-0.15, -0.1) is 0 Å². The topological polar surface area (TPSA) is 79.2 Å². The summed E-state index contributed by atoms with van der Waals surface area (Å²) in [5.41, 5.74) is 0.454. The van der Waals surface area contributed by atoms with Gasteiger partial charge in [0.05, 0.1) is 28.9 Å². The molecule has 1 rings (SSSR count). The molecule has 1 aromatic carbocycles. The minimum atomic E-state index is -3.32. The Morgan fingerprint density at radius 1 is 1.33 bits per heavy atom. The minimum Gasteiger partial charge on any atom is -0.383 e. The summed E-state index contributed by atoms with van der Waals surface area (Å²) in [6, 6.07) is 8.14. The molecule has 1 aromatic rings. The lowest BCUT2D eigenvalue weighted by Gasteiger charge is -2.17. The van der Waals surface area contributed by atoms with Gasteiger partial charge in [0, 0.05) is 19.7 Å². The van der Waals surface area contributed by atoms with Crippen molar-refractivity contribution >= 4 is 9.84 Å². The average Bonchev–Trinajstić information content (AvgIpc) is 2.47. The summed E-state index contributed by atoms with van der Waals surface area (Å²) in [6.07, 6.45) is 1.97. The molecular formula is C15H22N2O3S. The van der Waals surface area contributed by atoms with Crippen LogP contribution in [0.25, 0.3) is 0 Å². The van der Waals surface area contributed by atoms with E-state index in [1.807, 2.05) is 6.07 Å². The van der Waals surface area contributed by atoms with Crippen molar-refractivity contribution in [2.75, 3.05) is 26.0 Å². The second kappa shape index (κ2) is 8.78. The van der Waals surface area contributed by atoms with Crippen LogP contribution in [-0.4, -0.2) is 40.5 Å². The van der Waals surface area contributed by atoms with Gasteiger partial charge in [-0.25, -0.2) is 8.42 Å². The van der Waals surface area contributed by atoms with E-state index in [9.17, 15) is 8.42 Å². The third-order valence-corrected chi connectivity index (χ3v) is 4.88. The lowest BCUT2D eigenvalue weighted by atomic mass is 10.2. The van der Waals surface area contributed by atoms with E-state index in [-0.39, 0.29) is 16.7 Å². The Hall–Kier alpha value is -1.42. The van der Waals surface area contributed by atoms with E-state index in [1.165, 1.54) is 24.3 Å². The average molecular weight is 310 g/mol. The Bertz CT molecular complexity index is 556. The van der Waals surface area contributed by atoms with Crippen LogP contribution in [0.1, 0.15) is 25.3 Å². The van der Waals surface area contributed by atoms with Crippen molar-refractivity contribution in [2.45, 2.75) is 30.7 Å². The molecular weight excluding hydrogens is 288 g/mol. The molecule has 0 bridgehead atoms. The first-order chi connectivity index (χ1) is 10.0. The number of benzene rings is 1. The van der Waals surface area contributed by atoms with Crippen molar-refractivity contribution in [3.05, 3.63) is 29.8 Å². The van der Waals surface area contributed by atoms with Crippen LogP contribution in [0.3, 0.4) is 0 Å². The molecule has 0 saturated heterocycles. The van der Waals surface area contributed by atoms with E-state index in [4.69, 9.17) is 10.00 Å². The Labute approximate surface area is 126 Å². The van der Waals surface area contributed by atoms with Gasteiger partial charge in [0.15, 0.2) is 9.84 Å². The maximum Gasteiger partial charge on any atom is 0.179 e. The van der Waals surface area contributed by atoms with Crippen LogP contribution in [0.15, 0.2) is 29.2 Å². The van der Waals surface area contributed by atoms with Crippen molar-refractivity contribution in [2.24, 2.45) is 0 Å². The molecule has 5 nitrogen and oxygen atoms in total. The van der Waals surface area contributed by atoms with Crippen LogP contribution in [0.4, 0.5) is 0 Å². The van der Waals surface area contributed by atoms with E-state index >= 15 is 0 Å². The van der Waals surface area contributed by atoms with E-state index in [2.05, 4.69) is 12.2 Å². The zero-order valence-electron chi connectivity index (χ0n) is 12.5. The third kappa shape index (κ3) is 5.84. The summed E-state index contributed by atoms with van der Waals surface area (Å²) in [5, 5.41) is 11.9. The monoisotopic (exact) mass is 310 g/mol. The molecule has 6 heteroatoms. The van der Waals surface area contributed by atoms with E-state index in [0.29, 0.717) is 18.7 Å². The van der Waals surface area contributed by atoms with Gasteiger partial charge in [0.25, 0.3) is 0 Å². The first-order valence-electron chi connectivity index (χ1n) is 6.98. The van der Waals surface area contributed by atoms with Crippen LogP contribution in [0.2, 0.25) is 0 Å². The summed E-state index contributed by atoms with van der Waals surface area (Å²) in [4.78, 5) is 0.252. The third-order valence-electron chi connectivity index (χ3n) is 3.15. The molecule has 0 amide bonds. The van der Waals surface area contributed by atoms with Gasteiger partial charge in [-0.2, -0.15) is 5.26 Å². The Morgan fingerprint density at radius 3 is 2.52 bits per heavy atom. The predicted molar refractivity (Wildman–Crippen MR) is 81.8 cm³/mol. The van der Waals surface area contributed by atoms with Gasteiger partial charge in [-0.1, -0.05) is 13.3 Å². The fourth-order valence-electron chi connectivity index (χ4n) is 2.05. The molecule has 0 aliphatic carbocycles. The zero-order chi connectivity index (χ0) is 15.7. The molecule has 21 heavy (non-hydrogen) atoms. The molecule has 1 N–H and O–H groups in total. The molecule has 1 unspecified atom stereocenters. The predicted octanol–water partition coefficient (Wildman–Crippen LogP) is 1.74. The molecule has 0 fully saturated rings. The van der Waals surface area contributed by atoms with Crippen molar-refractivity contribution in [3.8, 4) is 6.07 Å². The van der Waals surface area contributed by atoms with Crippen molar-refractivity contribution in [3.63, 3.8) is 0 Å². The molecule has 0 aliphatic heterocycles. The normalized spacial score (nSPS) is 12.8. The molecule has 0 spiro atoms. The van der Waals surface area contributed by atoms with Crippen LogP contribution < -0.4 is 5.32 Å². The Kier molecular flexibility index (Phi) is 7.37. The number of rotatable bonds is 9. The van der Waals surface area contributed by atoms with Gasteiger partial charge in [0.1, 0.15) is 0 Å². The van der Waals surface area contributed by atoms with Crippen molar-refractivity contribution in [1.29, 1.82) is 5.26 Å². The van der Waals surface area contributed by atoms with Crippen LogP contribution in [-0.2, 0) is 14.6 Å². The zero-order valence-corrected chi connectivity index (χ0v) is 13.3. The molecule has 0 saturated carbocycles. The molecule has 0 radical (unpaired) electrons.